The van der Waals surface area contributed by atoms with E-state index in [0.29, 0.717) is 6.54 Å². The molecule has 1 aromatic rings. The summed E-state index contributed by atoms with van der Waals surface area (Å²) in [5.74, 6) is 0.187. The Morgan fingerprint density at radius 1 is 1.47 bits per heavy atom. The van der Waals surface area contributed by atoms with Crippen molar-refractivity contribution in [1.82, 2.24) is 15.2 Å². The fraction of sp³-hybridized carbons (Fsp3) is 0.615. The molecule has 0 saturated carbocycles. The van der Waals surface area contributed by atoms with Crippen molar-refractivity contribution in [2.24, 2.45) is 5.92 Å². The molecule has 19 heavy (non-hydrogen) atoms. The van der Waals surface area contributed by atoms with Crippen LogP contribution in [-0.4, -0.2) is 40.8 Å². The fourth-order valence-electron chi connectivity index (χ4n) is 2.39. The second kappa shape index (κ2) is 5.69. The number of rotatable bonds is 4. The number of hydrogen-bond donors (Lipinski definition) is 1. The quantitative estimate of drug-likeness (QED) is 0.903. The Morgan fingerprint density at radius 3 is 2.79 bits per heavy atom. The molecule has 1 aliphatic heterocycles. The van der Waals surface area contributed by atoms with E-state index in [0.717, 1.165) is 5.01 Å². The molecule has 2 heterocycles. The Kier molecular flexibility index (Phi) is 4.19. The van der Waals surface area contributed by atoms with Crippen LogP contribution < -0.4 is 5.32 Å². The number of thiazole rings is 1. The van der Waals surface area contributed by atoms with Gasteiger partial charge in [0.15, 0.2) is 0 Å². The maximum Gasteiger partial charge on any atom is 0.243 e. The summed E-state index contributed by atoms with van der Waals surface area (Å²) in [6.07, 6.45) is 1.77. The first kappa shape index (κ1) is 14.0. The normalized spacial score (nSPS) is 21.7. The monoisotopic (exact) mass is 281 g/mol. The summed E-state index contributed by atoms with van der Waals surface area (Å²) in [4.78, 5) is 30.0. The number of nitrogens with zero attached hydrogens (tertiary/aromatic N) is 2. The summed E-state index contributed by atoms with van der Waals surface area (Å²) in [6.45, 7) is 6.61. The molecule has 1 aliphatic rings. The maximum absolute atomic E-state index is 12.1. The van der Waals surface area contributed by atoms with Crippen molar-refractivity contribution in [3.05, 3.63) is 16.6 Å². The first-order valence-corrected chi connectivity index (χ1v) is 7.35. The summed E-state index contributed by atoms with van der Waals surface area (Å²) in [5.41, 5.74) is 0. The summed E-state index contributed by atoms with van der Waals surface area (Å²) >= 11 is 1.58. The molecule has 2 atom stereocenters. The largest absolute Gasteiger partial charge is 0.345 e. The Bertz CT molecular complexity index is 458. The van der Waals surface area contributed by atoms with E-state index >= 15 is 0 Å². The van der Waals surface area contributed by atoms with Crippen LogP contribution in [0.4, 0.5) is 0 Å². The number of hydrogen-bond acceptors (Lipinski definition) is 4. The minimum absolute atomic E-state index is 0.0123. The molecule has 2 amide bonds. The van der Waals surface area contributed by atoms with Gasteiger partial charge in [0.2, 0.25) is 11.8 Å². The highest BCUT2D eigenvalue weighted by molar-refractivity contribution is 7.09. The molecule has 5 nitrogen and oxygen atoms in total. The van der Waals surface area contributed by atoms with Gasteiger partial charge in [0.05, 0.1) is 11.6 Å². The van der Waals surface area contributed by atoms with Gasteiger partial charge in [-0.3, -0.25) is 9.59 Å². The number of carbonyl (C=O) groups is 2. The van der Waals surface area contributed by atoms with Crippen molar-refractivity contribution >= 4 is 23.2 Å². The van der Waals surface area contributed by atoms with Gasteiger partial charge in [-0.2, -0.15) is 0 Å². The second-order valence-electron chi connectivity index (χ2n) is 5.22. The van der Waals surface area contributed by atoms with Gasteiger partial charge in [-0.05, 0) is 5.92 Å². The zero-order valence-electron chi connectivity index (χ0n) is 11.4. The van der Waals surface area contributed by atoms with Crippen molar-refractivity contribution in [2.45, 2.75) is 32.7 Å². The van der Waals surface area contributed by atoms with Gasteiger partial charge >= 0.3 is 0 Å². The lowest BCUT2D eigenvalue weighted by Crippen LogP contribution is -2.60. The van der Waals surface area contributed by atoms with Gasteiger partial charge in [0.25, 0.3) is 0 Å². The lowest BCUT2D eigenvalue weighted by molar-refractivity contribution is -0.147. The molecular weight excluding hydrogens is 262 g/mol. The molecule has 0 aromatic carbocycles. The zero-order valence-corrected chi connectivity index (χ0v) is 12.2. The molecule has 2 unspecified atom stereocenters. The number of piperazine rings is 1. The van der Waals surface area contributed by atoms with Crippen LogP contribution >= 0.6 is 11.3 Å². The van der Waals surface area contributed by atoms with Crippen LogP contribution in [0.25, 0.3) is 0 Å². The Labute approximate surface area is 117 Å². The lowest BCUT2D eigenvalue weighted by atomic mass is 9.98. The molecule has 1 N–H and O–H groups in total. The molecular formula is C13H19N3O2S. The molecule has 104 valence electrons. The minimum Gasteiger partial charge on any atom is -0.345 e. The smallest absolute Gasteiger partial charge is 0.243 e. The summed E-state index contributed by atoms with van der Waals surface area (Å²) in [7, 11) is 0. The van der Waals surface area contributed by atoms with Gasteiger partial charge in [-0.25, -0.2) is 4.98 Å². The summed E-state index contributed by atoms with van der Waals surface area (Å²) < 4.78 is 0. The van der Waals surface area contributed by atoms with E-state index in [4.69, 9.17) is 0 Å². The van der Waals surface area contributed by atoms with Crippen LogP contribution in [-0.2, 0) is 9.59 Å². The predicted molar refractivity (Wildman–Crippen MR) is 73.9 cm³/mol. The molecule has 0 spiro atoms. The van der Waals surface area contributed by atoms with E-state index in [-0.39, 0.29) is 36.2 Å². The van der Waals surface area contributed by atoms with E-state index in [9.17, 15) is 9.59 Å². The fourth-order valence-corrected chi connectivity index (χ4v) is 3.08. The van der Waals surface area contributed by atoms with E-state index in [1.165, 1.54) is 0 Å². The molecule has 1 saturated heterocycles. The highest BCUT2D eigenvalue weighted by atomic mass is 32.1. The van der Waals surface area contributed by atoms with Crippen molar-refractivity contribution < 1.29 is 9.59 Å². The maximum atomic E-state index is 12.1. The summed E-state index contributed by atoms with van der Waals surface area (Å²) in [6, 6.07) is -0.372. The van der Waals surface area contributed by atoms with Crippen LogP contribution in [0.3, 0.4) is 0 Å². The van der Waals surface area contributed by atoms with E-state index in [1.54, 1.807) is 22.4 Å². The van der Waals surface area contributed by atoms with Crippen molar-refractivity contribution in [3.8, 4) is 0 Å². The van der Waals surface area contributed by atoms with Crippen molar-refractivity contribution in [2.75, 3.05) is 13.1 Å². The van der Waals surface area contributed by atoms with Crippen molar-refractivity contribution in [3.63, 3.8) is 0 Å². The Morgan fingerprint density at radius 2 is 2.21 bits per heavy atom. The van der Waals surface area contributed by atoms with Gasteiger partial charge in [0.1, 0.15) is 6.04 Å². The third kappa shape index (κ3) is 2.94. The third-order valence-electron chi connectivity index (χ3n) is 3.31. The van der Waals surface area contributed by atoms with Crippen molar-refractivity contribution in [1.29, 1.82) is 0 Å². The van der Waals surface area contributed by atoms with E-state index < -0.39 is 0 Å². The van der Waals surface area contributed by atoms with Crippen LogP contribution in [0.5, 0.6) is 0 Å². The van der Waals surface area contributed by atoms with Gasteiger partial charge < -0.3 is 10.2 Å². The molecule has 1 aromatic heterocycles. The number of aromatic nitrogens is 1. The molecule has 0 aliphatic carbocycles. The number of nitrogens with one attached hydrogen (secondary N) is 1. The minimum atomic E-state index is -0.372. The van der Waals surface area contributed by atoms with Crippen LogP contribution in [0.1, 0.15) is 31.7 Å². The van der Waals surface area contributed by atoms with E-state index in [2.05, 4.69) is 10.3 Å². The van der Waals surface area contributed by atoms with Crippen LogP contribution in [0, 0.1) is 5.92 Å². The first-order valence-electron chi connectivity index (χ1n) is 6.47. The highest BCUT2D eigenvalue weighted by Gasteiger charge is 2.37. The molecule has 2 rings (SSSR count). The Balaban J connectivity index is 2.14. The van der Waals surface area contributed by atoms with Gasteiger partial charge in [-0.15, -0.1) is 11.3 Å². The third-order valence-corrected chi connectivity index (χ3v) is 4.32. The second-order valence-corrected chi connectivity index (χ2v) is 6.15. The van der Waals surface area contributed by atoms with Gasteiger partial charge in [-0.1, -0.05) is 20.8 Å². The van der Waals surface area contributed by atoms with E-state index in [1.807, 2.05) is 26.2 Å². The number of amides is 2. The summed E-state index contributed by atoms with van der Waals surface area (Å²) in [5, 5.41) is 5.59. The zero-order chi connectivity index (χ0) is 14.0. The molecule has 0 radical (unpaired) electrons. The first-order chi connectivity index (χ1) is 9.00. The topological polar surface area (TPSA) is 62.3 Å². The van der Waals surface area contributed by atoms with Crippen LogP contribution in [0.2, 0.25) is 0 Å². The molecule has 6 heteroatoms. The highest BCUT2D eigenvalue weighted by Crippen LogP contribution is 2.23. The van der Waals surface area contributed by atoms with Gasteiger partial charge in [0, 0.05) is 24.0 Å². The average molecular weight is 281 g/mol. The van der Waals surface area contributed by atoms with Crippen LogP contribution in [0.15, 0.2) is 11.6 Å². The Hall–Kier alpha value is -1.43. The number of carbonyl (C=O) groups excluding carboxylic acids is 2. The molecule has 0 bridgehead atoms. The molecule has 1 fully saturated rings. The standard InChI is InChI=1S/C13H19N3O2S/c1-8(2)11-12(18)15-6-10(17)16(11)7-9(3)13-14-4-5-19-13/h4-5,8-9,11H,6-7H2,1-3H3,(H,15,18). The average Bonchev–Trinajstić information content (AvgIpc) is 2.87. The predicted octanol–water partition coefficient (Wildman–Crippen LogP) is 1.23. The SMILES string of the molecule is CC(CN1C(=O)CNC(=O)C1C(C)C)c1nccs1. The lowest BCUT2D eigenvalue weighted by Gasteiger charge is -2.38.